The molecule has 2 rings (SSSR count). The molecular weight excluding hydrogens is 210 g/mol. The third-order valence-electron chi connectivity index (χ3n) is 4.84. The number of rotatable bonds is 7. The van der Waals surface area contributed by atoms with Crippen molar-refractivity contribution < 1.29 is 4.74 Å². The molecule has 0 bridgehead atoms. The quantitative estimate of drug-likeness (QED) is 0.688. The Balaban J connectivity index is 1.76. The predicted octanol–water partition coefficient (Wildman–Crippen LogP) is 3.36. The topological polar surface area (TPSA) is 21.3 Å². The van der Waals surface area contributed by atoms with Crippen LogP contribution >= 0.6 is 0 Å². The first-order valence-corrected chi connectivity index (χ1v) is 7.54. The van der Waals surface area contributed by atoms with Crippen molar-refractivity contribution in [2.75, 3.05) is 26.8 Å². The standard InChI is InChI=1S/C15H29NO/c1-17-11-10-16-13-15(8-4-5-9-15)12-14-6-2-3-7-14/h14,16H,2-13H2,1H3. The summed E-state index contributed by atoms with van der Waals surface area (Å²) >= 11 is 0. The molecule has 17 heavy (non-hydrogen) atoms. The smallest absolute Gasteiger partial charge is 0.0587 e. The molecule has 0 aliphatic heterocycles. The highest BCUT2D eigenvalue weighted by Gasteiger charge is 2.36. The molecule has 0 radical (unpaired) electrons. The highest BCUT2D eigenvalue weighted by atomic mass is 16.5. The molecule has 2 fully saturated rings. The lowest BCUT2D eigenvalue weighted by atomic mass is 9.77. The van der Waals surface area contributed by atoms with E-state index in [9.17, 15) is 0 Å². The van der Waals surface area contributed by atoms with Crippen molar-refractivity contribution in [1.29, 1.82) is 0 Å². The van der Waals surface area contributed by atoms with Gasteiger partial charge in [0.25, 0.3) is 0 Å². The molecule has 100 valence electrons. The number of hydrogen-bond donors (Lipinski definition) is 1. The Kier molecular flexibility index (Phi) is 5.30. The maximum absolute atomic E-state index is 5.11. The molecule has 1 N–H and O–H groups in total. The third kappa shape index (κ3) is 3.96. The third-order valence-corrected chi connectivity index (χ3v) is 4.84. The fourth-order valence-electron chi connectivity index (χ4n) is 3.93. The molecule has 0 spiro atoms. The zero-order valence-electron chi connectivity index (χ0n) is 11.5. The molecule has 2 heteroatoms. The summed E-state index contributed by atoms with van der Waals surface area (Å²) in [6.07, 6.45) is 13.3. The Labute approximate surface area is 107 Å². The zero-order chi connectivity index (χ0) is 12.0. The largest absolute Gasteiger partial charge is 0.383 e. The van der Waals surface area contributed by atoms with Gasteiger partial charge >= 0.3 is 0 Å². The van der Waals surface area contributed by atoms with E-state index in [0.717, 1.165) is 19.1 Å². The summed E-state index contributed by atoms with van der Waals surface area (Å²) in [5.41, 5.74) is 0.642. The second-order valence-electron chi connectivity index (χ2n) is 6.23. The van der Waals surface area contributed by atoms with E-state index < -0.39 is 0 Å². The van der Waals surface area contributed by atoms with Crippen LogP contribution < -0.4 is 5.32 Å². The van der Waals surface area contributed by atoms with Gasteiger partial charge in [-0.2, -0.15) is 0 Å². The van der Waals surface area contributed by atoms with E-state index >= 15 is 0 Å². The minimum atomic E-state index is 0.642. The molecule has 2 nitrogen and oxygen atoms in total. The van der Waals surface area contributed by atoms with E-state index in [4.69, 9.17) is 4.74 Å². The molecule has 0 saturated heterocycles. The van der Waals surface area contributed by atoms with Crippen LogP contribution in [-0.4, -0.2) is 26.8 Å². The summed E-state index contributed by atoms with van der Waals surface area (Å²) in [7, 11) is 1.78. The van der Waals surface area contributed by atoms with Crippen molar-refractivity contribution in [3.63, 3.8) is 0 Å². The molecule has 0 amide bonds. The van der Waals surface area contributed by atoms with Gasteiger partial charge in [0.2, 0.25) is 0 Å². The molecule has 0 atom stereocenters. The van der Waals surface area contributed by atoms with Crippen LogP contribution in [-0.2, 0) is 4.74 Å². The first-order chi connectivity index (χ1) is 8.35. The Morgan fingerprint density at radius 1 is 1.12 bits per heavy atom. The van der Waals surface area contributed by atoms with Crippen LogP contribution in [0.15, 0.2) is 0 Å². The van der Waals surface area contributed by atoms with Crippen molar-refractivity contribution in [1.82, 2.24) is 5.32 Å². The van der Waals surface area contributed by atoms with E-state index in [-0.39, 0.29) is 0 Å². The number of ether oxygens (including phenoxy) is 1. The van der Waals surface area contributed by atoms with Gasteiger partial charge in [0.05, 0.1) is 6.61 Å². The molecule has 0 heterocycles. The Morgan fingerprint density at radius 3 is 2.47 bits per heavy atom. The van der Waals surface area contributed by atoms with Gasteiger partial charge < -0.3 is 10.1 Å². The van der Waals surface area contributed by atoms with Crippen molar-refractivity contribution in [3.05, 3.63) is 0 Å². The Morgan fingerprint density at radius 2 is 1.82 bits per heavy atom. The normalized spacial score (nSPS) is 24.5. The van der Waals surface area contributed by atoms with Crippen LogP contribution in [0.25, 0.3) is 0 Å². The molecule has 0 unspecified atom stereocenters. The summed E-state index contributed by atoms with van der Waals surface area (Å²) in [4.78, 5) is 0. The molecule has 2 aliphatic carbocycles. The lowest BCUT2D eigenvalue weighted by molar-refractivity contribution is 0.178. The van der Waals surface area contributed by atoms with Crippen LogP contribution in [0.4, 0.5) is 0 Å². The lowest BCUT2D eigenvalue weighted by Gasteiger charge is -2.32. The first-order valence-electron chi connectivity index (χ1n) is 7.54. The summed E-state index contributed by atoms with van der Waals surface area (Å²) in [6, 6.07) is 0. The van der Waals surface area contributed by atoms with Gasteiger partial charge in [-0.15, -0.1) is 0 Å². The average Bonchev–Trinajstić information content (AvgIpc) is 2.98. The van der Waals surface area contributed by atoms with Gasteiger partial charge in [0.1, 0.15) is 0 Å². The molecule has 0 aromatic heterocycles. The number of methoxy groups -OCH3 is 1. The highest BCUT2D eigenvalue weighted by Crippen LogP contribution is 2.45. The van der Waals surface area contributed by atoms with Crippen LogP contribution in [0.2, 0.25) is 0 Å². The van der Waals surface area contributed by atoms with Crippen molar-refractivity contribution >= 4 is 0 Å². The zero-order valence-corrected chi connectivity index (χ0v) is 11.5. The van der Waals surface area contributed by atoms with E-state index in [1.54, 1.807) is 7.11 Å². The van der Waals surface area contributed by atoms with Crippen LogP contribution in [0.5, 0.6) is 0 Å². The maximum atomic E-state index is 5.11. The average molecular weight is 239 g/mol. The summed E-state index contributed by atoms with van der Waals surface area (Å²) < 4.78 is 5.11. The Hall–Kier alpha value is -0.0800. The van der Waals surface area contributed by atoms with Gasteiger partial charge in [0, 0.05) is 20.2 Å². The van der Waals surface area contributed by atoms with Crippen molar-refractivity contribution in [2.24, 2.45) is 11.3 Å². The summed E-state index contributed by atoms with van der Waals surface area (Å²) in [5.74, 6) is 1.04. The molecule has 2 saturated carbocycles. The Bertz CT molecular complexity index is 205. The van der Waals surface area contributed by atoms with Crippen LogP contribution in [0, 0.1) is 11.3 Å². The van der Waals surface area contributed by atoms with Gasteiger partial charge in [-0.3, -0.25) is 0 Å². The summed E-state index contributed by atoms with van der Waals surface area (Å²) in [6.45, 7) is 3.09. The van der Waals surface area contributed by atoms with Crippen LogP contribution in [0.3, 0.4) is 0 Å². The van der Waals surface area contributed by atoms with E-state index in [0.29, 0.717) is 5.41 Å². The second kappa shape index (κ2) is 6.75. The second-order valence-corrected chi connectivity index (χ2v) is 6.23. The molecule has 0 aromatic rings. The minimum absolute atomic E-state index is 0.642. The maximum Gasteiger partial charge on any atom is 0.0587 e. The molecule has 0 aromatic carbocycles. The van der Waals surface area contributed by atoms with Gasteiger partial charge in [-0.05, 0) is 30.6 Å². The lowest BCUT2D eigenvalue weighted by Crippen LogP contribution is -2.35. The SMILES string of the molecule is COCCNCC1(CC2CCCC2)CCCC1. The van der Waals surface area contributed by atoms with Gasteiger partial charge in [-0.25, -0.2) is 0 Å². The van der Waals surface area contributed by atoms with Crippen LogP contribution in [0.1, 0.15) is 57.8 Å². The van der Waals surface area contributed by atoms with Crippen molar-refractivity contribution in [2.45, 2.75) is 57.8 Å². The van der Waals surface area contributed by atoms with Crippen molar-refractivity contribution in [3.8, 4) is 0 Å². The first kappa shape index (κ1) is 13.4. The summed E-state index contributed by atoms with van der Waals surface area (Å²) in [5, 5.41) is 3.62. The minimum Gasteiger partial charge on any atom is -0.383 e. The number of nitrogens with one attached hydrogen (secondary N) is 1. The van der Waals surface area contributed by atoms with E-state index in [1.165, 1.54) is 64.3 Å². The van der Waals surface area contributed by atoms with Gasteiger partial charge in [0.15, 0.2) is 0 Å². The molecular formula is C15H29NO. The fourth-order valence-corrected chi connectivity index (χ4v) is 3.93. The molecule has 2 aliphatic rings. The predicted molar refractivity (Wildman–Crippen MR) is 72.2 cm³/mol. The van der Waals surface area contributed by atoms with E-state index in [2.05, 4.69) is 5.32 Å². The fraction of sp³-hybridized carbons (Fsp3) is 1.00. The monoisotopic (exact) mass is 239 g/mol. The van der Waals surface area contributed by atoms with Gasteiger partial charge in [-0.1, -0.05) is 38.5 Å². The van der Waals surface area contributed by atoms with E-state index in [1.807, 2.05) is 0 Å². The highest BCUT2D eigenvalue weighted by molar-refractivity contribution is 4.89. The number of hydrogen-bond acceptors (Lipinski definition) is 2.